The molecular formula is C21H34. The molecule has 0 aliphatic rings. The number of unbranched alkanes of at least 4 members (excludes halogenated alkanes) is 5. The Morgan fingerprint density at radius 1 is 0.571 bits per heavy atom. The third-order valence-electron chi connectivity index (χ3n) is 3.24. The molecule has 0 aliphatic carbocycles. The molecule has 0 aromatic heterocycles. The average molecular weight is 287 g/mol. The minimum Gasteiger partial charge on any atom is -0.103 e. The molecule has 0 heteroatoms. The SMILES string of the molecule is C=CCCC/C=C/C/C=C/C/C=C/C/C=C/CCCCC. The lowest BCUT2D eigenvalue weighted by atomic mass is 10.2. The first-order chi connectivity index (χ1) is 10.4. The number of allylic oxidation sites excluding steroid dienone is 9. The van der Waals surface area contributed by atoms with Crippen molar-refractivity contribution in [2.75, 3.05) is 0 Å². The molecular weight excluding hydrogens is 252 g/mol. The summed E-state index contributed by atoms with van der Waals surface area (Å²) in [6.45, 7) is 5.97. The topological polar surface area (TPSA) is 0 Å². The lowest BCUT2D eigenvalue weighted by Gasteiger charge is -1.90. The van der Waals surface area contributed by atoms with Gasteiger partial charge in [-0.2, -0.15) is 0 Å². The molecule has 0 nitrogen and oxygen atoms in total. The number of hydrogen-bond acceptors (Lipinski definition) is 0. The highest BCUT2D eigenvalue weighted by Gasteiger charge is 1.81. The van der Waals surface area contributed by atoms with Crippen LogP contribution in [0.3, 0.4) is 0 Å². The minimum absolute atomic E-state index is 1.05. The van der Waals surface area contributed by atoms with Crippen molar-refractivity contribution in [2.45, 2.75) is 71.1 Å². The molecule has 0 fully saturated rings. The van der Waals surface area contributed by atoms with Gasteiger partial charge in [-0.05, 0) is 51.4 Å². The van der Waals surface area contributed by atoms with E-state index in [1.54, 1.807) is 0 Å². The van der Waals surface area contributed by atoms with Gasteiger partial charge in [0.2, 0.25) is 0 Å². The van der Waals surface area contributed by atoms with Crippen molar-refractivity contribution in [1.29, 1.82) is 0 Å². The number of hydrogen-bond donors (Lipinski definition) is 0. The normalized spacial score (nSPS) is 12.4. The predicted molar refractivity (Wildman–Crippen MR) is 98.6 cm³/mol. The fraction of sp³-hybridized carbons (Fsp3) is 0.524. The van der Waals surface area contributed by atoms with E-state index in [2.05, 4.69) is 62.1 Å². The van der Waals surface area contributed by atoms with Crippen LogP contribution >= 0.6 is 0 Å². The second kappa shape index (κ2) is 18.7. The monoisotopic (exact) mass is 286 g/mol. The van der Waals surface area contributed by atoms with Gasteiger partial charge in [0.05, 0.1) is 0 Å². The maximum Gasteiger partial charge on any atom is -0.0169 e. The summed E-state index contributed by atoms with van der Waals surface area (Å²) < 4.78 is 0. The Kier molecular flexibility index (Phi) is 17.5. The van der Waals surface area contributed by atoms with Gasteiger partial charge in [0.25, 0.3) is 0 Å². The molecule has 0 saturated carbocycles. The van der Waals surface area contributed by atoms with Gasteiger partial charge in [-0.3, -0.25) is 0 Å². The Labute approximate surface area is 133 Å². The molecule has 0 rings (SSSR count). The van der Waals surface area contributed by atoms with Crippen LogP contribution < -0.4 is 0 Å². The first-order valence-electron chi connectivity index (χ1n) is 8.62. The van der Waals surface area contributed by atoms with E-state index in [0.29, 0.717) is 0 Å². The van der Waals surface area contributed by atoms with Gasteiger partial charge >= 0.3 is 0 Å². The van der Waals surface area contributed by atoms with E-state index in [1.165, 1.54) is 38.5 Å². The molecule has 0 unspecified atom stereocenters. The summed E-state index contributed by atoms with van der Waals surface area (Å²) in [4.78, 5) is 0. The highest BCUT2D eigenvalue weighted by Crippen LogP contribution is 2.01. The lowest BCUT2D eigenvalue weighted by molar-refractivity contribution is 0.728. The Morgan fingerprint density at radius 2 is 1.05 bits per heavy atom. The fourth-order valence-electron chi connectivity index (χ4n) is 1.94. The van der Waals surface area contributed by atoms with Crippen molar-refractivity contribution in [3.05, 3.63) is 61.3 Å². The molecule has 0 aromatic carbocycles. The molecule has 0 N–H and O–H groups in total. The second-order valence-electron chi connectivity index (χ2n) is 5.31. The van der Waals surface area contributed by atoms with Gasteiger partial charge in [0.15, 0.2) is 0 Å². The van der Waals surface area contributed by atoms with E-state index in [-0.39, 0.29) is 0 Å². The molecule has 0 radical (unpaired) electrons. The zero-order chi connectivity index (χ0) is 15.4. The zero-order valence-electron chi connectivity index (χ0n) is 14.0. The maximum atomic E-state index is 3.73. The van der Waals surface area contributed by atoms with Crippen molar-refractivity contribution < 1.29 is 0 Å². The summed E-state index contributed by atoms with van der Waals surface area (Å²) in [5.74, 6) is 0. The van der Waals surface area contributed by atoms with E-state index >= 15 is 0 Å². The molecule has 118 valence electrons. The smallest absolute Gasteiger partial charge is 0.0169 e. The van der Waals surface area contributed by atoms with Crippen LogP contribution in [0.4, 0.5) is 0 Å². The van der Waals surface area contributed by atoms with Crippen LogP contribution in [0.15, 0.2) is 61.3 Å². The van der Waals surface area contributed by atoms with Crippen LogP contribution in [0.1, 0.15) is 71.1 Å². The van der Waals surface area contributed by atoms with Gasteiger partial charge in [-0.25, -0.2) is 0 Å². The van der Waals surface area contributed by atoms with Crippen molar-refractivity contribution in [1.82, 2.24) is 0 Å². The molecule has 0 aliphatic heterocycles. The quantitative estimate of drug-likeness (QED) is 0.232. The van der Waals surface area contributed by atoms with Crippen LogP contribution in [0.5, 0.6) is 0 Å². The molecule has 21 heavy (non-hydrogen) atoms. The van der Waals surface area contributed by atoms with E-state index in [0.717, 1.165) is 25.7 Å². The zero-order valence-corrected chi connectivity index (χ0v) is 14.0. The van der Waals surface area contributed by atoms with Crippen molar-refractivity contribution in [3.8, 4) is 0 Å². The Bertz CT molecular complexity index is 315. The Balaban J connectivity index is 3.37. The molecule has 0 saturated heterocycles. The van der Waals surface area contributed by atoms with Crippen molar-refractivity contribution in [3.63, 3.8) is 0 Å². The van der Waals surface area contributed by atoms with Gasteiger partial charge in [-0.15, -0.1) is 6.58 Å². The van der Waals surface area contributed by atoms with E-state index in [1.807, 2.05) is 6.08 Å². The maximum absolute atomic E-state index is 3.73. The largest absolute Gasteiger partial charge is 0.103 e. The van der Waals surface area contributed by atoms with E-state index < -0.39 is 0 Å². The molecule has 0 heterocycles. The van der Waals surface area contributed by atoms with Crippen LogP contribution in [0.2, 0.25) is 0 Å². The van der Waals surface area contributed by atoms with E-state index in [9.17, 15) is 0 Å². The van der Waals surface area contributed by atoms with Gasteiger partial charge in [-0.1, -0.05) is 74.4 Å². The van der Waals surface area contributed by atoms with E-state index in [4.69, 9.17) is 0 Å². The average Bonchev–Trinajstić information content (AvgIpc) is 2.50. The predicted octanol–water partition coefficient (Wildman–Crippen LogP) is 7.32. The van der Waals surface area contributed by atoms with Crippen LogP contribution in [0, 0.1) is 0 Å². The van der Waals surface area contributed by atoms with Crippen LogP contribution in [0.25, 0.3) is 0 Å². The van der Waals surface area contributed by atoms with Gasteiger partial charge in [0, 0.05) is 0 Å². The molecule has 0 atom stereocenters. The lowest BCUT2D eigenvalue weighted by Crippen LogP contribution is -1.70. The summed E-state index contributed by atoms with van der Waals surface area (Å²) in [7, 11) is 0. The third-order valence-corrected chi connectivity index (χ3v) is 3.24. The van der Waals surface area contributed by atoms with Crippen molar-refractivity contribution in [2.24, 2.45) is 0 Å². The first kappa shape index (κ1) is 19.7. The summed E-state index contributed by atoms with van der Waals surface area (Å²) >= 11 is 0. The van der Waals surface area contributed by atoms with Crippen molar-refractivity contribution >= 4 is 0 Å². The summed E-state index contributed by atoms with van der Waals surface area (Å²) in [6.07, 6.45) is 32.0. The van der Waals surface area contributed by atoms with Gasteiger partial charge < -0.3 is 0 Å². The highest BCUT2D eigenvalue weighted by atomic mass is 13.9. The van der Waals surface area contributed by atoms with Crippen LogP contribution in [-0.2, 0) is 0 Å². The molecule has 0 bridgehead atoms. The Hall–Kier alpha value is -1.30. The summed E-state index contributed by atoms with van der Waals surface area (Å²) in [6, 6.07) is 0. The molecule has 0 aromatic rings. The third kappa shape index (κ3) is 18.7. The summed E-state index contributed by atoms with van der Waals surface area (Å²) in [5, 5.41) is 0. The number of rotatable bonds is 14. The standard InChI is InChI=1S/C21H34/c1-3-5-7-9-11-13-15-17-19-21-20-18-16-14-12-10-8-6-4-2/h3,11-14,17-20H,1,4-10,15-16,21H2,2H3/b13-11+,14-12+,19-17+,20-18+. The molecule has 0 amide bonds. The fourth-order valence-corrected chi connectivity index (χ4v) is 1.94. The highest BCUT2D eigenvalue weighted by molar-refractivity contribution is 4.99. The van der Waals surface area contributed by atoms with Crippen LogP contribution in [-0.4, -0.2) is 0 Å². The Morgan fingerprint density at radius 3 is 1.52 bits per heavy atom. The van der Waals surface area contributed by atoms with Gasteiger partial charge in [0.1, 0.15) is 0 Å². The molecule has 0 spiro atoms. The first-order valence-corrected chi connectivity index (χ1v) is 8.62. The summed E-state index contributed by atoms with van der Waals surface area (Å²) in [5.41, 5.74) is 0. The second-order valence-corrected chi connectivity index (χ2v) is 5.31. The minimum atomic E-state index is 1.05.